The lowest BCUT2D eigenvalue weighted by Crippen LogP contribution is -2.43. The zero-order valence-corrected chi connectivity index (χ0v) is 17.6. The molecule has 3 aromatic carbocycles. The lowest BCUT2D eigenvalue weighted by atomic mass is 10.1. The Labute approximate surface area is 186 Å². The molecule has 0 fully saturated rings. The van der Waals surface area contributed by atoms with Crippen LogP contribution in [-0.2, 0) is 4.79 Å². The number of benzene rings is 3. The summed E-state index contributed by atoms with van der Waals surface area (Å²) >= 11 is 0. The summed E-state index contributed by atoms with van der Waals surface area (Å²) in [6.45, 7) is 2.22. The van der Waals surface area contributed by atoms with Crippen LogP contribution in [0.5, 0.6) is 5.75 Å². The Morgan fingerprint density at radius 1 is 0.875 bits per heavy atom. The van der Waals surface area contributed by atoms with Crippen LogP contribution in [0.2, 0.25) is 0 Å². The minimum absolute atomic E-state index is 0.196. The van der Waals surface area contributed by atoms with Gasteiger partial charge in [0, 0.05) is 11.8 Å². The average molecular weight is 426 g/mol. The number of carbonyl (C=O) groups excluding carboxylic acids is 3. The Bertz CT molecular complexity index is 1130. The van der Waals surface area contributed by atoms with Crippen LogP contribution in [0, 0.1) is 0 Å². The minimum atomic E-state index is -0.415. The van der Waals surface area contributed by atoms with E-state index in [1.54, 1.807) is 54.6 Å². The van der Waals surface area contributed by atoms with Gasteiger partial charge in [-0.2, -0.15) is 0 Å². The molecule has 3 amide bonds. The fourth-order valence-corrected chi connectivity index (χ4v) is 3.50. The van der Waals surface area contributed by atoms with Crippen LogP contribution >= 0.6 is 0 Å². The molecule has 6 nitrogen and oxygen atoms in total. The first kappa shape index (κ1) is 21.1. The Kier molecular flexibility index (Phi) is 6.12. The molecule has 0 radical (unpaired) electrons. The molecule has 1 aliphatic heterocycles. The van der Waals surface area contributed by atoms with E-state index < -0.39 is 11.8 Å². The largest absolute Gasteiger partial charge is 0.494 e. The van der Waals surface area contributed by atoms with Crippen molar-refractivity contribution in [1.82, 2.24) is 4.90 Å². The van der Waals surface area contributed by atoms with E-state index in [0.717, 1.165) is 10.5 Å². The van der Waals surface area contributed by atoms with Crippen LogP contribution in [0.25, 0.3) is 6.08 Å². The molecule has 3 aromatic rings. The number of hydrogen-bond donors (Lipinski definition) is 0. The molecule has 160 valence electrons. The van der Waals surface area contributed by atoms with Crippen molar-refractivity contribution >= 4 is 29.5 Å². The van der Waals surface area contributed by atoms with E-state index in [-0.39, 0.29) is 12.6 Å². The number of amides is 3. The van der Waals surface area contributed by atoms with Gasteiger partial charge in [0.2, 0.25) is 0 Å². The van der Waals surface area contributed by atoms with Crippen LogP contribution < -0.4 is 9.64 Å². The van der Waals surface area contributed by atoms with E-state index in [4.69, 9.17) is 4.74 Å². The molecular formula is C26H22N2O4. The third-order valence-corrected chi connectivity index (χ3v) is 5.10. The fourth-order valence-electron chi connectivity index (χ4n) is 3.50. The van der Waals surface area contributed by atoms with Crippen molar-refractivity contribution in [2.45, 2.75) is 6.92 Å². The van der Waals surface area contributed by atoms with E-state index >= 15 is 0 Å². The van der Waals surface area contributed by atoms with Crippen molar-refractivity contribution in [2.75, 3.05) is 18.2 Å². The Morgan fingerprint density at radius 3 is 2.06 bits per heavy atom. The predicted octanol–water partition coefficient (Wildman–Crippen LogP) is 4.39. The van der Waals surface area contributed by atoms with E-state index in [1.807, 2.05) is 37.3 Å². The van der Waals surface area contributed by atoms with Crippen LogP contribution in [0.1, 0.15) is 33.2 Å². The summed E-state index contributed by atoms with van der Waals surface area (Å²) in [6, 6.07) is 23.1. The smallest absolute Gasteiger partial charge is 0.263 e. The Balaban J connectivity index is 1.63. The second kappa shape index (κ2) is 9.31. The molecule has 0 N–H and O–H groups in total. The summed E-state index contributed by atoms with van der Waals surface area (Å²) in [5.41, 5.74) is 2.11. The molecular weight excluding hydrogens is 404 g/mol. The first-order chi connectivity index (χ1) is 15.6. The number of hydrogen-bond acceptors (Lipinski definition) is 4. The Hall–Kier alpha value is -4.19. The lowest BCUT2D eigenvalue weighted by Gasteiger charge is -2.26. The summed E-state index contributed by atoms with van der Waals surface area (Å²) in [5, 5.41) is 0. The highest BCUT2D eigenvalue weighted by molar-refractivity contribution is 6.21. The normalized spacial score (nSPS) is 12.8. The number of anilines is 1. The monoisotopic (exact) mass is 426 g/mol. The quantitative estimate of drug-likeness (QED) is 0.415. The third-order valence-electron chi connectivity index (χ3n) is 5.10. The van der Waals surface area contributed by atoms with Crippen molar-refractivity contribution < 1.29 is 19.1 Å². The van der Waals surface area contributed by atoms with Gasteiger partial charge in [-0.15, -0.1) is 0 Å². The molecule has 1 heterocycles. The summed E-state index contributed by atoms with van der Waals surface area (Å²) in [7, 11) is 0. The van der Waals surface area contributed by atoms with Crippen LogP contribution in [0.4, 0.5) is 5.69 Å². The summed E-state index contributed by atoms with van der Waals surface area (Å²) < 4.78 is 5.48. The van der Waals surface area contributed by atoms with E-state index in [1.165, 1.54) is 11.0 Å². The van der Waals surface area contributed by atoms with Gasteiger partial charge in [0.15, 0.2) is 0 Å². The van der Waals surface area contributed by atoms with Gasteiger partial charge < -0.3 is 4.74 Å². The van der Waals surface area contributed by atoms with Crippen molar-refractivity contribution in [1.29, 1.82) is 0 Å². The number of carbonyl (C=O) groups is 3. The van der Waals surface area contributed by atoms with Crippen molar-refractivity contribution in [2.24, 2.45) is 0 Å². The molecule has 0 aromatic heterocycles. The highest BCUT2D eigenvalue weighted by Gasteiger charge is 2.36. The van der Waals surface area contributed by atoms with Crippen molar-refractivity contribution in [3.05, 3.63) is 102 Å². The zero-order chi connectivity index (χ0) is 22.5. The summed E-state index contributed by atoms with van der Waals surface area (Å²) in [4.78, 5) is 41.3. The van der Waals surface area contributed by atoms with Gasteiger partial charge in [0.1, 0.15) is 12.4 Å². The second-order valence-corrected chi connectivity index (χ2v) is 7.16. The molecule has 0 aliphatic carbocycles. The molecule has 32 heavy (non-hydrogen) atoms. The number of fused-ring (bicyclic) bond motifs is 1. The second-order valence-electron chi connectivity index (χ2n) is 7.16. The molecule has 0 saturated carbocycles. The third kappa shape index (κ3) is 4.30. The zero-order valence-electron chi connectivity index (χ0n) is 17.6. The number of nitrogens with zero attached hydrogens (tertiary/aromatic N) is 2. The van der Waals surface area contributed by atoms with Gasteiger partial charge in [-0.1, -0.05) is 42.5 Å². The van der Waals surface area contributed by atoms with E-state index in [9.17, 15) is 14.4 Å². The van der Waals surface area contributed by atoms with Gasteiger partial charge in [-0.05, 0) is 55.0 Å². The summed E-state index contributed by atoms with van der Waals surface area (Å²) in [6.07, 6.45) is 3.14. The highest BCUT2D eigenvalue weighted by atomic mass is 16.5. The molecule has 1 aliphatic rings. The molecule has 0 saturated heterocycles. The Morgan fingerprint density at radius 2 is 1.47 bits per heavy atom. The maximum absolute atomic E-state index is 13.2. The predicted molar refractivity (Wildman–Crippen MR) is 122 cm³/mol. The molecule has 4 rings (SSSR count). The standard InChI is InChI=1S/C26H22N2O4/c1-2-32-21-15-13-20(14-16-21)27(24(29)17-12-19-8-4-3-5-9-19)18-28-25(30)22-10-6-7-11-23(22)26(28)31/h3-17H,2,18H2,1H3/b17-12+. The van der Waals surface area contributed by atoms with Crippen LogP contribution in [0.15, 0.2) is 84.9 Å². The van der Waals surface area contributed by atoms with Crippen LogP contribution in [0.3, 0.4) is 0 Å². The highest BCUT2D eigenvalue weighted by Crippen LogP contribution is 2.26. The van der Waals surface area contributed by atoms with Crippen molar-refractivity contribution in [3.63, 3.8) is 0 Å². The number of imide groups is 1. The van der Waals surface area contributed by atoms with Gasteiger partial charge in [0.25, 0.3) is 17.7 Å². The van der Waals surface area contributed by atoms with Crippen molar-refractivity contribution in [3.8, 4) is 5.75 Å². The number of rotatable bonds is 7. The first-order valence-corrected chi connectivity index (χ1v) is 10.3. The average Bonchev–Trinajstić information content (AvgIpc) is 3.07. The first-order valence-electron chi connectivity index (χ1n) is 10.3. The van der Waals surface area contributed by atoms with Gasteiger partial charge in [0.05, 0.1) is 17.7 Å². The van der Waals surface area contributed by atoms with Gasteiger partial charge in [-0.3, -0.25) is 24.2 Å². The summed E-state index contributed by atoms with van der Waals surface area (Å²) in [5.74, 6) is -0.512. The van der Waals surface area contributed by atoms with Gasteiger partial charge >= 0.3 is 0 Å². The maximum atomic E-state index is 13.2. The van der Waals surface area contributed by atoms with Gasteiger partial charge in [-0.25, -0.2) is 0 Å². The molecule has 0 atom stereocenters. The molecule has 0 spiro atoms. The van der Waals surface area contributed by atoms with E-state index in [0.29, 0.717) is 29.2 Å². The minimum Gasteiger partial charge on any atom is -0.494 e. The molecule has 0 bridgehead atoms. The topological polar surface area (TPSA) is 66.9 Å². The van der Waals surface area contributed by atoms with E-state index in [2.05, 4.69) is 0 Å². The molecule has 6 heteroatoms. The maximum Gasteiger partial charge on any atom is 0.263 e. The SMILES string of the molecule is CCOc1ccc(N(CN2C(=O)c3ccccc3C2=O)C(=O)/C=C/c2ccccc2)cc1. The number of ether oxygens (including phenoxy) is 1. The fraction of sp³-hybridized carbons (Fsp3) is 0.115. The lowest BCUT2D eigenvalue weighted by molar-refractivity contribution is -0.114. The van der Waals surface area contributed by atoms with Crippen LogP contribution in [-0.4, -0.2) is 35.9 Å². The molecule has 0 unspecified atom stereocenters.